The van der Waals surface area contributed by atoms with Crippen LogP contribution in [0, 0.1) is 5.82 Å². The molecule has 1 saturated carbocycles. The first-order valence-corrected chi connectivity index (χ1v) is 4.36. The van der Waals surface area contributed by atoms with Crippen LogP contribution in [0.4, 0.5) is 4.39 Å². The number of phenols is 1. The Labute approximate surface area is 80.8 Å². The molecule has 1 aliphatic rings. The van der Waals surface area contributed by atoms with Crippen molar-refractivity contribution in [2.45, 2.75) is 18.4 Å². The molecule has 76 valence electrons. The molecular formula is C10H11FO3. The zero-order valence-electron chi connectivity index (χ0n) is 7.75. The summed E-state index contributed by atoms with van der Waals surface area (Å²) < 4.78 is 17.9. The molecule has 0 saturated heterocycles. The molecule has 0 aromatic heterocycles. The number of halogens is 1. The minimum atomic E-state index is -0.934. The summed E-state index contributed by atoms with van der Waals surface area (Å²) in [7, 11) is 1.40. The number of methoxy groups -OCH3 is 1. The molecule has 0 bridgehead atoms. The number of rotatable bonds is 2. The minimum Gasteiger partial charge on any atom is -0.505 e. The van der Waals surface area contributed by atoms with Gasteiger partial charge in [0.2, 0.25) is 0 Å². The molecule has 1 aromatic carbocycles. The highest BCUT2D eigenvalue weighted by Gasteiger charge is 2.44. The van der Waals surface area contributed by atoms with E-state index in [1.807, 2.05) is 0 Å². The molecule has 0 unspecified atom stereocenters. The van der Waals surface area contributed by atoms with E-state index in [9.17, 15) is 9.50 Å². The van der Waals surface area contributed by atoms with E-state index in [1.54, 1.807) is 0 Å². The Hall–Kier alpha value is -1.29. The molecule has 0 radical (unpaired) electrons. The van der Waals surface area contributed by atoms with E-state index in [1.165, 1.54) is 13.2 Å². The van der Waals surface area contributed by atoms with Gasteiger partial charge in [-0.1, -0.05) is 0 Å². The second-order valence-corrected chi connectivity index (χ2v) is 3.54. The predicted molar refractivity (Wildman–Crippen MR) is 47.7 cm³/mol. The van der Waals surface area contributed by atoms with Gasteiger partial charge >= 0.3 is 0 Å². The molecule has 2 rings (SSSR count). The Morgan fingerprint density at radius 3 is 2.57 bits per heavy atom. The van der Waals surface area contributed by atoms with Gasteiger partial charge in [-0.15, -0.1) is 0 Å². The molecule has 0 aliphatic heterocycles. The Bertz CT molecular complexity index is 372. The van der Waals surface area contributed by atoms with Crippen molar-refractivity contribution in [3.05, 3.63) is 23.5 Å². The number of hydrogen-bond donors (Lipinski definition) is 2. The van der Waals surface area contributed by atoms with Gasteiger partial charge < -0.3 is 14.9 Å². The van der Waals surface area contributed by atoms with Crippen LogP contribution in [0.1, 0.15) is 18.4 Å². The van der Waals surface area contributed by atoms with Crippen molar-refractivity contribution in [2.24, 2.45) is 0 Å². The van der Waals surface area contributed by atoms with Crippen molar-refractivity contribution in [3.63, 3.8) is 0 Å². The minimum absolute atomic E-state index is 0.278. The third-order valence-electron chi connectivity index (χ3n) is 2.49. The summed E-state index contributed by atoms with van der Waals surface area (Å²) in [5, 5.41) is 19.0. The van der Waals surface area contributed by atoms with Crippen LogP contribution in [-0.4, -0.2) is 17.3 Å². The van der Waals surface area contributed by atoms with Gasteiger partial charge in [-0.3, -0.25) is 0 Å². The average molecular weight is 198 g/mol. The topological polar surface area (TPSA) is 49.7 Å². The zero-order valence-corrected chi connectivity index (χ0v) is 7.75. The van der Waals surface area contributed by atoms with Crippen molar-refractivity contribution in [1.29, 1.82) is 0 Å². The first kappa shape index (κ1) is 9.27. The Kier molecular flexibility index (Phi) is 1.89. The van der Waals surface area contributed by atoms with Crippen LogP contribution in [0.5, 0.6) is 11.5 Å². The summed E-state index contributed by atoms with van der Waals surface area (Å²) in [5.74, 6) is -0.920. The van der Waals surface area contributed by atoms with E-state index < -0.39 is 17.2 Å². The number of hydrogen-bond acceptors (Lipinski definition) is 3. The largest absolute Gasteiger partial charge is 0.505 e. The first-order chi connectivity index (χ1) is 6.57. The van der Waals surface area contributed by atoms with Crippen LogP contribution < -0.4 is 4.74 Å². The van der Waals surface area contributed by atoms with Gasteiger partial charge in [-0.25, -0.2) is 4.39 Å². The van der Waals surface area contributed by atoms with Gasteiger partial charge in [-0.2, -0.15) is 0 Å². The van der Waals surface area contributed by atoms with Crippen LogP contribution in [0.25, 0.3) is 0 Å². The van der Waals surface area contributed by atoms with Crippen LogP contribution in [0.15, 0.2) is 12.1 Å². The van der Waals surface area contributed by atoms with E-state index in [-0.39, 0.29) is 5.75 Å². The Morgan fingerprint density at radius 2 is 2.07 bits per heavy atom. The molecule has 3 nitrogen and oxygen atoms in total. The van der Waals surface area contributed by atoms with Crippen molar-refractivity contribution in [2.75, 3.05) is 7.11 Å². The maximum Gasteiger partial charge on any atom is 0.168 e. The maximum absolute atomic E-state index is 12.9. The van der Waals surface area contributed by atoms with Gasteiger partial charge in [0.15, 0.2) is 11.6 Å². The smallest absolute Gasteiger partial charge is 0.168 e. The molecular weight excluding hydrogens is 187 g/mol. The van der Waals surface area contributed by atoms with Gasteiger partial charge in [0.05, 0.1) is 12.7 Å². The summed E-state index contributed by atoms with van der Waals surface area (Å²) in [6.45, 7) is 0. The van der Waals surface area contributed by atoms with Crippen molar-refractivity contribution in [3.8, 4) is 11.5 Å². The summed E-state index contributed by atoms with van der Waals surface area (Å²) in [6, 6.07) is 2.31. The second kappa shape index (κ2) is 2.85. The lowest BCUT2D eigenvalue weighted by molar-refractivity contribution is 0.146. The monoisotopic (exact) mass is 198 g/mol. The third kappa shape index (κ3) is 1.32. The van der Waals surface area contributed by atoms with E-state index in [4.69, 9.17) is 9.84 Å². The van der Waals surface area contributed by atoms with Crippen LogP contribution in [0.2, 0.25) is 0 Å². The fourth-order valence-corrected chi connectivity index (χ4v) is 1.46. The Balaban J connectivity index is 2.52. The maximum atomic E-state index is 12.9. The Morgan fingerprint density at radius 1 is 1.43 bits per heavy atom. The van der Waals surface area contributed by atoms with Crippen molar-refractivity contribution in [1.82, 2.24) is 0 Å². The van der Waals surface area contributed by atoms with Crippen molar-refractivity contribution >= 4 is 0 Å². The van der Waals surface area contributed by atoms with E-state index in [2.05, 4.69) is 0 Å². The summed E-state index contributed by atoms with van der Waals surface area (Å²) in [4.78, 5) is 0. The predicted octanol–water partition coefficient (Wildman–Crippen LogP) is 1.52. The summed E-state index contributed by atoms with van der Waals surface area (Å²) in [5.41, 5.74) is -0.477. The van der Waals surface area contributed by atoms with E-state index in [0.717, 1.165) is 6.07 Å². The average Bonchev–Trinajstić information content (AvgIpc) is 2.89. The van der Waals surface area contributed by atoms with Gasteiger partial charge in [0, 0.05) is 11.6 Å². The summed E-state index contributed by atoms with van der Waals surface area (Å²) in [6.07, 6.45) is 1.24. The highest BCUT2D eigenvalue weighted by molar-refractivity contribution is 5.46. The van der Waals surface area contributed by atoms with E-state index in [0.29, 0.717) is 18.4 Å². The summed E-state index contributed by atoms with van der Waals surface area (Å²) >= 11 is 0. The molecule has 2 N–H and O–H groups in total. The zero-order chi connectivity index (χ0) is 10.3. The lowest BCUT2D eigenvalue weighted by atomic mass is 10.1. The molecule has 0 heterocycles. The normalized spacial score (nSPS) is 17.9. The molecule has 0 amide bonds. The highest BCUT2D eigenvalue weighted by Crippen LogP contribution is 2.49. The molecule has 0 atom stereocenters. The molecule has 14 heavy (non-hydrogen) atoms. The highest BCUT2D eigenvalue weighted by atomic mass is 19.1. The van der Waals surface area contributed by atoms with E-state index >= 15 is 0 Å². The lowest BCUT2D eigenvalue weighted by Gasteiger charge is -2.13. The fourth-order valence-electron chi connectivity index (χ4n) is 1.46. The number of ether oxygens (including phenoxy) is 1. The second-order valence-electron chi connectivity index (χ2n) is 3.54. The SMILES string of the molecule is COc1cc(F)c(O)cc1C1(O)CC1. The number of aromatic hydroxyl groups is 1. The number of aliphatic hydroxyl groups is 1. The first-order valence-electron chi connectivity index (χ1n) is 4.36. The molecule has 1 fully saturated rings. The fraction of sp³-hybridized carbons (Fsp3) is 0.400. The lowest BCUT2D eigenvalue weighted by Crippen LogP contribution is -2.07. The quantitative estimate of drug-likeness (QED) is 0.757. The standard InChI is InChI=1S/C10H11FO3/c1-14-9-5-7(11)8(12)4-6(9)10(13)2-3-10/h4-5,12-13H,2-3H2,1H3. The van der Waals surface area contributed by atoms with Crippen molar-refractivity contribution < 1.29 is 19.3 Å². The van der Waals surface area contributed by atoms with Crippen LogP contribution in [-0.2, 0) is 5.60 Å². The van der Waals surface area contributed by atoms with Gasteiger partial charge in [-0.05, 0) is 18.9 Å². The van der Waals surface area contributed by atoms with Gasteiger partial charge in [0.25, 0.3) is 0 Å². The molecule has 4 heteroatoms. The van der Waals surface area contributed by atoms with Crippen LogP contribution >= 0.6 is 0 Å². The molecule has 1 aliphatic carbocycles. The van der Waals surface area contributed by atoms with Gasteiger partial charge in [0.1, 0.15) is 5.75 Å². The molecule has 1 aromatic rings. The molecule has 0 spiro atoms. The number of benzene rings is 1. The number of phenolic OH excluding ortho intramolecular Hbond substituents is 1. The van der Waals surface area contributed by atoms with Crippen LogP contribution in [0.3, 0.4) is 0 Å². The third-order valence-corrected chi connectivity index (χ3v) is 2.49.